The maximum atomic E-state index is 12.9. The van der Waals surface area contributed by atoms with Crippen molar-refractivity contribution in [2.24, 2.45) is 0 Å². The summed E-state index contributed by atoms with van der Waals surface area (Å²) in [7, 11) is 0. The van der Waals surface area contributed by atoms with Crippen LogP contribution in [0.4, 0.5) is 0 Å². The summed E-state index contributed by atoms with van der Waals surface area (Å²) < 4.78 is 12.0. The minimum atomic E-state index is -0.592. The first-order valence-electron chi connectivity index (χ1n) is 10.9. The predicted octanol–water partition coefficient (Wildman–Crippen LogP) is 6.69. The molecule has 0 amide bonds. The summed E-state index contributed by atoms with van der Waals surface area (Å²) in [6.45, 7) is 2.84. The molecule has 1 N–H and O–H groups in total. The topological polar surface area (TPSA) is 72.3 Å². The van der Waals surface area contributed by atoms with Crippen LogP contribution < -0.4 is 9.47 Å². The van der Waals surface area contributed by atoms with Gasteiger partial charge in [-0.3, -0.25) is 10.2 Å². The van der Waals surface area contributed by atoms with Gasteiger partial charge in [0.2, 0.25) is 0 Å². The van der Waals surface area contributed by atoms with Crippen LogP contribution in [0.5, 0.6) is 11.5 Å². The van der Waals surface area contributed by atoms with Gasteiger partial charge in [0.15, 0.2) is 17.3 Å². The van der Waals surface area contributed by atoms with Gasteiger partial charge >= 0.3 is 0 Å². The number of Topliss-reactive ketones (excluding diaryl/α,β-unsaturated/α-hetero) is 1. The van der Waals surface area contributed by atoms with Crippen molar-refractivity contribution in [2.45, 2.75) is 19.4 Å². The standard InChI is InChI=1S/C27H22N2O3S2/c1-2-31-22-14-17(15-23-25(30)24(26(28)34-23)27-29-12-13-33-27)10-11-21(22)32-16-19-8-5-7-18-6-3-4-9-20(18)19/h3-15,24,28H,2,16H2,1H3/b23-15-,28-26?/t24-/m0/s1. The number of carbonyl (C=O) groups is 1. The van der Waals surface area contributed by atoms with Gasteiger partial charge in [0.05, 0.1) is 16.6 Å². The van der Waals surface area contributed by atoms with E-state index < -0.39 is 5.92 Å². The van der Waals surface area contributed by atoms with Crippen LogP contribution in [-0.2, 0) is 11.4 Å². The van der Waals surface area contributed by atoms with Gasteiger partial charge in [0.25, 0.3) is 0 Å². The Kier molecular flexibility index (Phi) is 6.47. The summed E-state index contributed by atoms with van der Waals surface area (Å²) >= 11 is 2.60. The maximum absolute atomic E-state index is 12.9. The van der Waals surface area contributed by atoms with Gasteiger partial charge in [-0.25, -0.2) is 4.98 Å². The maximum Gasteiger partial charge on any atom is 0.186 e. The van der Waals surface area contributed by atoms with E-state index in [1.807, 2.05) is 54.8 Å². The van der Waals surface area contributed by atoms with E-state index in [1.54, 1.807) is 6.20 Å². The fourth-order valence-corrected chi connectivity index (χ4v) is 5.72. The number of rotatable bonds is 7. The molecule has 0 spiro atoms. The SMILES string of the molecule is CCOc1cc(/C=C2\SC(=N)[C@@H](c3nccs3)C2=O)ccc1OCc1cccc2ccccc12. The first-order valence-corrected chi connectivity index (χ1v) is 12.6. The number of aromatic nitrogens is 1. The zero-order chi connectivity index (χ0) is 23.5. The summed E-state index contributed by atoms with van der Waals surface area (Å²) in [5.74, 6) is 0.597. The van der Waals surface area contributed by atoms with E-state index in [4.69, 9.17) is 14.9 Å². The van der Waals surface area contributed by atoms with Crippen LogP contribution in [0, 0.1) is 5.41 Å². The molecule has 0 aliphatic carbocycles. The van der Waals surface area contributed by atoms with E-state index >= 15 is 0 Å². The Morgan fingerprint density at radius 2 is 1.91 bits per heavy atom. The molecule has 1 atom stereocenters. The number of ether oxygens (including phenoxy) is 2. The number of benzene rings is 3. The zero-order valence-corrected chi connectivity index (χ0v) is 20.1. The molecule has 4 aromatic rings. The molecular weight excluding hydrogens is 464 g/mol. The van der Waals surface area contributed by atoms with Crippen molar-refractivity contribution in [1.82, 2.24) is 4.98 Å². The Morgan fingerprint density at radius 3 is 2.74 bits per heavy atom. The highest BCUT2D eigenvalue weighted by atomic mass is 32.2. The van der Waals surface area contributed by atoms with E-state index in [-0.39, 0.29) is 5.78 Å². The summed E-state index contributed by atoms with van der Waals surface area (Å²) in [5.41, 5.74) is 1.93. The fourth-order valence-electron chi connectivity index (χ4n) is 3.92. The minimum absolute atomic E-state index is 0.0841. The van der Waals surface area contributed by atoms with E-state index in [1.165, 1.54) is 33.9 Å². The van der Waals surface area contributed by atoms with E-state index in [2.05, 4.69) is 29.2 Å². The minimum Gasteiger partial charge on any atom is -0.490 e. The van der Waals surface area contributed by atoms with Crippen molar-refractivity contribution in [2.75, 3.05) is 6.61 Å². The molecule has 170 valence electrons. The summed E-state index contributed by atoms with van der Waals surface area (Å²) in [4.78, 5) is 17.7. The first-order chi connectivity index (χ1) is 16.6. The summed E-state index contributed by atoms with van der Waals surface area (Å²) in [5, 5.41) is 13.4. The molecular formula is C27H22N2O3S2. The normalized spacial score (nSPS) is 17.0. The zero-order valence-electron chi connectivity index (χ0n) is 18.5. The molecule has 2 heterocycles. The van der Waals surface area contributed by atoms with Crippen molar-refractivity contribution >= 4 is 50.8 Å². The molecule has 7 heteroatoms. The smallest absolute Gasteiger partial charge is 0.186 e. The number of nitrogens with one attached hydrogen (secondary N) is 1. The number of allylic oxidation sites excluding steroid dienone is 1. The van der Waals surface area contributed by atoms with Crippen LogP contribution in [0.3, 0.4) is 0 Å². The number of hydrogen-bond acceptors (Lipinski definition) is 7. The van der Waals surface area contributed by atoms with Crippen LogP contribution in [0.15, 0.2) is 77.1 Å². The van der Waals surface area contributed by atoms with Crippen molar-refractivity contribution in [3.63, 3.8) is 0 Å². The molecule has 0 unspecified atom stereocenters. The number of nitrogens with zero attached hydrogens (tertiary/aromatic N) is 1. The molecule has 0 radical (unpaired) electrons. The Hall–Kier alpha value is -3.42. The summed E-state index contributed by atoms with van der Waals surface area (Å²) in [6.07, 6.45) is 3.48. The first kappa shape index (κ1) is 22.4. The second-order valence-electron chi connectivity index (χ2n) is 7.71. The van der Waals surface area contributed by atoms with E-state index in [0.29, 0.717) is 39.7 Å². The molecule has 1 fully saturated rings. The number of hydrogen-bond donors (Lipinski definition) is 1. The summed E-state index contributed by atoms with van der Waals surface area (Å²) in [6, 6.07) is 20.1. The van der Waals surface area contributed by atoms with Crippen molar-refractivity contribution in [1.29, 1.82) is 5.41 Å². The Balaban J connectivity index is 1.38. The van der Waals surface area contributed by atoms with Crippen molar-refractivity contribution < 1.29 is 14.3 Å². The molecule has 0 saturated carbocycles. The van der Waals surface area contributed by atoms with Gasteiger partial charge in [0.1, 0.15) is 17.5 Å². The highest BCUT2D eigenvalue weighted by Crippen LogP contribution is 2.41. The van der Waals surface area contributed by atoms with Gasteiger partial charge < -0.3 is 9.47 Å². The van der Waals surface area contributed by atoms with Gasteiger partial charge in [-0.2, -0.15) is 0 Å². The monoisotopic (exact) mass is 486 g/mol. The van der Waals surface area contributed by atoms with Crippen LogP contribution >= 0.6 is 23.1 Å². The van der Waals surface area contributed by atoms with Gasteiger partial charge in [0, 0.05) is 11.6 Å². The lowest BCUT2D eigenvalue weighted by Crippen LogP contribution is -2.11. The molecule has 5 rings (SSSR count). The van der Waals surface area contributed by atoms with Crippen LogP contribution in [0.1, 0.15) is 29.0 Å². The average Bonchev–Trinajstić information content (AvgIpc) is 3.46. The number of ketones is 1. The van der Waals surface area contributed by atoms with Crippen LogP contribution in [0.2, 0.25) is 0 Å². The second-order valence-corrected chi connectivity index (χ2v) is 9.72. The Morgan fingerprint density at radius 1 is 1.06 bits per heavy atom. The molecule has 34 heavy (non-hydrogen) atoms. The third-order valence-electron chi connectivity index (χ3n) is 5.51. The molecule has 1 aliphatic heterocycles. The van der Waals surface area contributed by atoms with Crippen LogP contribution in [0.25, 0.3) is 16.8 Å². The van der Waals surface area contributed by atoms with Gasteiger partial charge in [-0.1, -0.05) is 60.3 Å². The molecule has 1 aliphatic rings. The Bertz CT molecular complexity index is 1390. The van der Waals surface area contributed by atoms with E-state index in [9.17, 15) is 4.79 Å². The molecule has 5 nitrogen and oxygen atoms in total. The number of fused-ring (bicyclic) bond motifs is 1. The quantitative estimate of drug-likeness (QED) is 0.295. The van der Waals surface area contributed by atoms with Gasteiger partial charge in [-0.15, -0.1) is 11.3 Å². The highest BCUT2D eigenvalue weighted by Gasteiger charge is 2.38. The van der Waals surface area contributed by atoms with Crippen molar-refractivity contribution in [3.05, 3.63) is 93.3 Å². The highest BCUT2D eigenvalue weighted by molar-refractivity contribution is 8.19. The number of thioether (sulfide) groups is 1. The Labute approximate surface area is 206 Å². The predicted molar refractivity (Wildman–Crippen MR) is 139 cm³/mol. The van der Waals surface area contributed by atoms with Crippen molar-refractivity contribution in [3.8, 4) is 11.5 Å². The lowest BCUT2D eigenvalue weighted by Gasteiger charge is -2.14. The van der Waals surface area contributed by atoms with Gasteiger partial charge in [-0.05, 0) is 47.0 Å². The van der Waals surface area contributed by atoms with E-state index in [0.717, 1.165) is 11.1 Å². The molecule has 3 aromatic carbocycles. The average molecular weight is 487 g/mol. The molecule has 0 bridgehead atoms. The third kappa shape index (κ3) is 4.49. The molecule has 1 aromatic heterocycles. The lowest BCUT2D eigenvalue weighted by molar-refractivity contribution is -0.114. The molecule has 1 saturated heterocycles. The second kappa shape index (κ2) is 9.83. The lowest BCUT2D eigenvalue weighted by atomic mass is 10.0. The fraction of sp³-hybridized carbons (Fsp3) is 0.148. The number of thiazole rings is 1. The third-order valence-corrected chi connectivity index (χ3v) is 7.35. The number of carbonyl (C=O) groups excluding carboxylic acids is 1. The van der Waals surface area contributed by atoms with Crippen LogP contribution in [-0.4, -0.2) is 22.4 Å². The largest absolute Gasteiger partial charge is 0.490 e.